The third-order valence-corrected chi connectivity index (χ3v) is 6.05. The van der Waals surface area contributed by atoms with Crippen LogP contribution >= 0.6 is 0 Å². The van der Waals surface area contributed by atoms with Crippen LogP contribution in [0.3, 0.4) is 0 Å². The lowest BCUT2D eigenvalue weighted by Crippen LogP contribution is -2.37. The molecule has 0 unspecified atom stereocenters. The molecular formula is C25H30N2O3. The van der Waals surface area contributed by atoms with Crippen molar-refractivity contribution in [1.29, 1.82) is 0 Å². The first-order valence-electron chi connectivity index (χ1n) is 10.8. The number of methoxy groups -OCH3 is 1. The third kappa shape index (κ3) is 4.51. The van der Waals surface area contributed by atoms with Gasteiger partial charge in [-0.05, 0) is 61.7 Å². The molecule has 0 spiro atoms. The zero-order valence-electron chi connectivity index (χ0n) is 17.8. The Morgan fingerprint density at radius 1 is 1.17 bits per heavy atom. The second-order valence-electron chi connectivity index (χ2n) is 7.96. The molecule has 5 heteroatoms. The van der Waals surface area contributed by atoms with Crippen LogP contribution < -0.4 is 10.1 Å². The Labute approximate surface area is 178 Å². The summed E-state index contributed by atoms with van der Waals surface area (Å²) in [6.07, 6.45) is 5.43. The van der Waals surface area contributed by atoms with Crippen molar-refractivity contribution in [2.24, 2.45) is 0 Å². The number of furan rings is 1. The Morgan fingerprint density at radius 2 is 1.93 bits per heavy atom. The van der Waals surface area contributed by atoms with Crippen LogP contribution in [-0.4, -0.2) is 37.6 Å². The quantitative estimate of drug-likeness (QED) is 0.598. The van der Waals surface area contributed by atoms with Crippen molar-refractivity contribution >= 4 is 16.9 Å². The molecule has 1 aromatic heterocycles. The van der Waals surface area contributed by atoms with Gasteiger partial charge < -0.3 is 14.5 Å². The van der Waals surface area contributed by atoms with Crippen molar-refractivity contribution in [2.75, 3.05) is 26.7 Å². The van der Waals surface area contributed by atoms with E-state index in [2.05, 4.69) is 47.5 Å². The van der Waals surface area contributed by atoms with E-state index in [1.807, 2.05) is 12.1 Å². The number of nitrogens with zero attached hydrogens (tertiary/aromatic N) is 1. The molecule has 0 bridgehead atoms. The zero-order chi connectivity index (χ0) is 20.9. The molecule has 0 radical (unpaired) electrons. The predicted octanol–water partition coefficient (Wildman–Crippen LogP) is 4.50. The Kier molecular flexibility index (Phi) is 6.38. The second kappa shape index (κ2) is 9.35. The maximum Gasteiger partial charge on any atom is 0.224 e. The minimum atomic E-state index is 0.0231. The molecule has 1 N–H and O–H groups in total. The van der Waals surface area contributed by atoms with Crippen LogP contribution in [-0.2, 0) is 17.6 Å². The molecule has 158 valence electrons. The fraction of sp³-hybridized carbons (Fsp3) is 0.400. The molecule has 1 aliphatic rings. The summed E-state index contributed by atoms with van der Waals surface area (Å²) in [6.45, 7) is 4.86. The number of likely N-dealkylation sites (tertiary alicyclic amines) is 1. The fourth-order valence-corrected chi connectivity index (χ4v) is 4.27. The van der Waals surface area contributed by atoms with Crippen molar-refractivity contribution < 1.29 is 13.9 Å². The summed E-state index contributed by atoms with van der Waals surface area (Å²) in [5.41, 5.74) is 4.23. The van der Waals surface area contributed by atoms with Gasteiger partial charge in [0, 0.05) is 17.5 Å². The van der Waals surface area contributed by atoms with Crippen LogP contribution in [0.1, 0.15) is 42.5 Å². The van der Waals surface area contributed by atoms with E-state index in [0.29, 0.717) is 13.0 Å². The minimum absolute atomic E-state index is 0.0231. The SMILES string of the molecule is CCc1ccc2c(CC(=O)NC[C@@H](c3ccc(OC)cc3)N3CCCC3)coc2c1. The summed E-state index contributed by atoms with van der Waals surface area (Å²) in [5, 5.41) is 4.18. The molecule has 1 aliphatic heterocycles. The Hall–Kier alpha value is -2.79. The van der Waals surface area contributed by atoms with Crippen molar-refractivity contribution in [1.82, 2.24) is 10.2 Å². The number of benzene rings is 2. The van der Waals surface area contributed by atoms with Crippen LogP contribution in [0.25, 0.3) is 11.0 Å². The standard InChI is InChI=1S/C25H30N2O3/c1-3-18-6-11-22-20(17-30-24(22)14-18)15-25(28)26-16-23(27-12-4-5-13-27)19-7-9-21(29-2)10-8-19/h6-11,14,17,23H,3-5,12-13,15-16H2,1-2H3,(H,26,28)/t23-/m0/s1. The van der Waals surface area contributed by atoms with Gasteiger partial charge in [-0.15, -0.1) is 0 Å². The lowest BCUT2D eigenvalue weighted by molar-refractivity contribution is -0.120. The number of nitrogens with one attached hydrogen (secondary N) is 1. The highest BCUT2D eigenvalue weighted by atomic mass is 16.5. The summed E-state index contributed by atoms with van der Waals surface area (Å²) in [6, 6.07) is 14.6. The van der Waals surface area contributed by atoms with Crippen molar-refractivity contribution in [3.63, 3.8) is 0 Å². The van der Waals surface area contributed by atoms with E-state index in [1.165, 1.54) is 24.0 Å². The molecule has 5 nitrogen and oxygen atoms in total. The van der Waals surface area contributed by atoms with Crippen LogP contribution in [0.4, 0.5) is 0 Å². The van der Waals surface area contributed by atoms with E-state index in [4.69, 9.17) is 9.15 Å². The summed E-state index contributed by atoms with van der Waals surface area (Å²) >= 11 is 0. The zero-order valence-corrected chi connectivity index (χ0v) is 17.8. The Bertz CT molecular complexity index is 987. The van der Waals surface area contributed by atoms with Gasteiger partial charge in [0.05, 0.1) is 25.8 Å². The number of hydrogen-bond acceptors (Lipinski definition) is 4. The molecule has 2 aromatic carbocycles. The van der Waals surface area contributed by atoms with Gasteiger partial charge in [0.1, 0.15) is 11.3 Å². The highest BCUT2D eigenvalue weighted by molar-refractivity contribution is 5.88. The molecular weight excluding hydrogens is 376 g/mol. The molecule has 3 aromatic rings. The first-order valence-corrected chi connectivity index (χ1v) is 10.8. The fourth-order valence-electron chi connectivity index (χ4n) is 4.27. The lowest BCUT2D eigenvalue weighted by Gasteiger charge is -2.28. The van der Waals surface area contributed by atoms with Crippen LogP contribution in [0.15, 0.2) is 53.1 Å². The van der Waals surface area contributed by atoms with E-state index < -0.39 is 0 Å². The summed E-state index contributed by atoms with van der Waals surface area (Å²) in [7, 11) is 1.68. The molecule has 30 heavy (non-hydrogen) atoms. The van der Waals surface area contributed by atoms with Gasteiger partial charge in [-0.25, -0.2) is 0 Å². The van der Waals surface area contributed by atoms with Gasteiger partial charge in [-0.2, -0.15) is 0 Å². The Morgan fingerprint density at radius 3 is 2.63 bits per heavy atom. The smallest absolute Gasteiger partial charge is 0.224 e. The monoisotopic (exact) mass is 406 g/mol. The number of carbonyl (C=O) groups excluding carboxylic acids is 1. The second-order valence-corrected chi connectivity index (χ2v) is 7.96. The van der Waals surface area contributed by atoms with Gasteiger partial charge in [-0.1, -0.05) is 31.2 Å². The van der Waals surface area contributed by atoms with E-state index >= 15 is 0 Å². The average Bonchev–Trinajstić information content (AvgIpc) is 3.44. The highest BCUT2D eigenvalue weighted by Crippen LogP contribution is 2.27. The molecule has 1 fully saturated rings. The largest absolute Gasteiger partial charge is 0.497 e. The van der Waals surface area contributed by atoms with E-state index in [1.54, 1.807) is 13.4 Å². The summed E-state index contributed by atoms with van der Waals surface area (Å²) in [5.74, 6) is 0.871. The molecule has 2 heterocycles. The molecule has 0 aliphatic carbocycles. The number of fused-ring (bicyclic) bond motifs is 1. The molecule has 1 amide bonds. The number of carbonyl (C=O) groups is 1. The first kappa shape index (κ1) is 20.5. The molecule has 1 atom stereocenters. The van der Waals surface area contributed by atoms with Crippen LogP contribution in [0, 0.1) is 0 Å². The van der Waals surface area contributed by atoms with Crippen molar-refractivity contribution in [3.8, 4) is 5.75 Å². The van der Waals surface area contributed by atoms with Gasteiger partial charge in [0.2, 0.25) is 5.91 Å². The van der Waals surface area contributed by atoms with Crippen LogP contribution in [0.5, 0.6) is 5.75 Å². The van der Waals surface area contributed by atoms with Crippen molar-refractivity contribution in [2.45, 2.75) is 38.6 Å². The van der Waals surface area contributed by atoms with E-state index in [-0.39, 0.29) is 11.9 Å². The number of amides is 1. The Balaban J connectivity index is 1.43. The maximum atomic E-state index is 12.7. The molecule has 1 saturated heterocycles. The van der Waals surface area contributed by atoms with Crippen molar-refractivity contribution in [3.05, 3.63) is 65.4 Å². The molecule has 0 saturated carbocycles. The summed E-state index contributed by atoms with van der Waals surface area (Å²) in [4.78, 5) is 15.2. The number of aryl methyl sites for hydroxylation is 1. The number of ether oxygens (including phenoxy) is 1. The third-order valence-electron chi connectivity index (χ3n) is 6.05. The topological polar surface area (TPSA) is 54.7 Å². The van der Waals surface area contributed by atoms with E-state index in [0.717, 1.165) is 41.8 Å². The van der Waals surface area contributed by atoms with Gasteiger partial charge in [-0.3, -0.25) is 9.69 Å². The van der Waals surface area contributed by atoms with Crippen LogP contribution in [0.2, 0.25) is 0 Å². The minimum Gasteiger partial charge on any atom is -0.497 e. The van der Waals surface area contributed by atoms with Gasteiger partial charge in [0.25, 0.3) is 0 Å². The number of hydrogen-bond donors (Lipinski definition) is 1. The predicted molar refractivity (Wildman–Crippen MR) is 119 cm³/mol. The molecule has 4 rings (SSSR count). The van der Waals surface area contributed by atoms with Gasteiger partial charge >= 0.3 is 0 Å². The highest BCUT2D eigenvalue weighted by Gasteiger charge is 2.24. The summed E-state index contributed by atoms with van der Waals surface area (Å²) < 4.78 is 11.0. The lowest BCUT2D eigenvalue weighted by atomic mass is 10.0. The number of rotatable bonds is 8. The van der Waals surface area contributed by atoms with Gasteiger partial charge in [0.15, 0.2) is 0 Å². The average molecular weight is 407 g/mol. The maximum absolute atomic E-state index is 12.7. The normalized spacial score (nSPS) is 15.4. The first-order chi connectivity index (χ1) is 14.7. The van der Waals surface area contributed by atoms with E-state index in [9.17, 15) is 4.79 Å².